The van der Waals surface area contributed by atoms with Crippen LogP contribution in [0.1, 0.15) is 54.5 Å². The number of hydrogen-bond acceptors (Lipinski definition) is 5. The average molecular weight is 474 g/mol. The third-order valence-corrected chi connectivity index (χ3v) is 8.97. The molecule has 0 radical (unpaired) electrons. The molecule has 6 nitrogen and oxygen atoms in total. The van der Waals surface area contributed by atoms with Crippen LogP contribution in [-0.4, -0.2) is 45.6 Å². The van der Waals surface area contributed by atoms with Crippen LogP contribution in [0.3, 0.4) is 0 Å². The van der Waals surface area contributed by atoms with E-state index in [0.29, 0.717) is 23.7 Å². The summed E-state index contributed by atoms with van der Waals surface area (Å²) in [6.45, 7) is 9.17. The Balaban J connectivity index is 1.54. The van der Waals surface area contributed by atoms with Gasteiger partial charge in [0.05, 0.1) is 28.3 Å². The van der Waals surface area contributed by atoms with Crippen LogP contribution in [-0.2, 0) is 16.4 Å². The highest BCUT2D eigenvalue weighted by atomic mass is 32.2. The highest BCUT2D eigenvalue weighted by Gasteiger charge is 2.31. The number of ketones is 1. The Hall–Kier alpha value is -2.06. The van der Waals surface area contributed by atoms with E-state index in [0.717, 1.165) is 40.5 Å². The zero-order chi connectivity index (χ0) is 23.0. The number of fused-ring (bicyclic) bond motifs is 1. The van der Waals surface area contributed by atoms with Gasteiger partial charge in [0.2, 0.25) is 0 Å². The topological polar surface area (TPSA) is 74.0 Å². The first kappa shape index (κ1) is 23.1. The molecule has 3 aromatic rings. The summed E-state index contributed by atoms with van der Waals surface area (Å²) in [4.78, 5) is 17.9. The standard InChI is InChI=1S/C24H31N3O3S2/c1-16(2)9-11-26-22-8-6-5-7-21(22)25-24(26)31-14-23(28)20-13-17(3)27(18(20)4)19-10-12-32(29,30)15-19/h5-8,13,16,19H,9-12,14-15H2,1-4H3. The summed E-state index contributed by atoms with van der Waals surface area (Å²) < 4.78 is 28.2. The minimum absolute atomic E-state index is 0.0534. The van der Waals surface area contributed by atoms with Gasteiger partial charge in [-0.15, -0.1) is 0 Å². The number of carbonyl (C=O) groups is 1. The van der Waals surface area contributed by atoms with E-state index in [1.165, 1.54) is 11.8 Å². The van der Waals surface area contributed by atoms with Gasteiger partial charge in [-0.2, -0.15) is 0 Å². The first-order chi connectivity index (χ1) is 15.2. The number of para-hydroxylation sites is 2. The maximum absolute atomic E-state index is 13.1. The minimum atomic E-state index is -2.98. The summed E-state index contributed by atoms with van der Waals surface area (Å²) in [7, 11) is -2.98. The zero-order valence-electron chi connectivity index (χ0n) is 19.2. The van der Waals surface area contributed by atoms with Gasteiger partial charge in [-0.1, -0.05) is 37.7 Å². The first-order valence-corrected chi connectivity index (χ1v) is 14.0. The lowest BCUT2D eigenvalue weighted by atomic mass is 10.1. The molecule has 0 spiro atoms. The second kappa shape index (κ2) is 9.06. The van der Waals surface area contributed by atoms with E-state index in [2.05, 4.69) is 24.5 Å². The molecule has 0 aliphatic carbocycles. The number of rotatable bonds is 8. The summed E-state index contributed by atoms with van der Waals surface area (Å²) in [5.74, 6) is 1.32. The van der Waals surface area contributed by atoms with Crippen molar-refractivity contribution in [1.29, 1.82) is 0 Å². The lowest BCUT2D eigenvalue weighted by Crippen LogP contribution is -2.14. The van der Waals surface area contributed by atoms with Crippen molar-refractivity contribution in [2.75, 3.05) is 17.3 Å². The Bertz CT molecular complexity index is 1250. The Labute approximate surface area is 194 Å². The number of imidazole rings is 1. The normalized spacial score (nSPS) is 18.1. The van der Waals surface area contributed by atoms with Crippen LogP contribution < -0.4 is 0 Å². The van der Waals surface area contributed by atoms with E-state index < -0.39 is 9.84 Å². The molecule has 1 aliphatic rings. The minimum Gasteiger partial charge on any atom is -0.344 e. The summed E-state index contributed by atoms with van der Waals surface area (Å²) in [6.07, 6.45) is 1.66. The molecule has 0 amide bonds. The number of benzene rings is 1. The molecule has 2 aromatic heterocycles. The van der Waals surface area contributed by atoms with Gasteiger partial charge in [0.1, 0.15) is 0 Å². The van der Waals surface area contributed by atoms with E-state index >= 15 is 0 Å². The Morgan fingerprint density at radius 2 is 2.00 bits per heavy atom. The lowest BCUT2D eigenvalue weighted by molar-refractivity contribution is 0.102. The number of nitrogens with zero attached hydrogens (tertiary/aromatic N) is 3. The lowest BCUT2D eigenvalue weighted by Gasteiger charge is -2.16. The summed E-state index contributed by atoms with van der Waals surface area (Å²) in [5, 5.41) is 0.871. The van der Waals surface area contributed by atoms with E-state index in [1.807, 2.05) is 42.7 Å². The number of aromatic nitrogens is 3. The van der Waals surface area contributed by atoms with Crippen molar-refractivity contribution >= 4 is 38.4 Å². The van der Waals surface area contributed by atoms with E-state index in [4.69, 9.17) is 4.98 Å². The van der Waals surface area contributed by atoms with Gasteiger partial charge >= 0.3 is 0 Å². The van der Waals surface area contributed by atoms with Crippen molar-refractivity contribution in [2.45, 2.75) is 58.3 Å². The number of aryl methyl sites for hydroxylation is 2. The van der Waals surface area contributed by atoms with Crippen molar-refractivity contribution in [2.24, 2.45) is 5.92 Å². The highest BCUT2D eigenvalue weighted by molar-refractivity contribution is 7.99. The molecule has 1 atom stereocenters. The summed E-state index contributed by atoms with van der Waals surface area (Å²) in [5.41, 5.74) is 4.55. The van der Waals surface area contributed by atoms with Crippen LogP contribution in [0.5, 0.6) is 0 Å². The molecule has 1 saturated heterocycles. The van der Waals surface area contributed by atoms with Gasteiger partial charge in [0.15, 0.2) is 20.8 Å². The predicted molar refractivity (Wildman–Crippen MR) is 130 cm³/mol. The smallest absolute Gasteiger partial charge is 0.175 e. The van der Waals surface area contributed by atoms with E-state index in [9.17, 15) is 13.2 Å². The quantitative estimate of drug-likeness (QED) is 0.346. The number of Topliss-reactive ketones (excluding diaryl/α,β-unsaturated/α-hetero) is 1. The third kappa shape index (κ3) is 4.66. The van der Waals surface area contributed by atoms with Gasteiger partial charge in [-0.25, -0.2) is 13.4 Å². The fourth-order valence-corrected chi connectivity index (χ4v) is 7.20. The predicted octanol–water partition coefficient (Wildman–Crippen LogP) is 4.84. The zero-order valence-corrected chi connectivity index (χ0v) is 20.8. The van der Waals surface area contributed by atoms with Crippen molar-refractivity contribution in [3.8, 4) is 0 Å². The molecule has 0 N–H and O–H groups in total. The van der Waals surface area contributed by atoms with Crippen molar-refractivity contribution < 1.29 is 13.2 Å². The molecule has 1 unspecified atom stereocenters. The second-order valence-corrected chi connectivity index (χ2v) is 12.3. The third-order valence-electron chi connectivity index (χ3n) is 6.24. The Morgan fingerprint density at radius 1 is 1.25 bits per heavy atom. The van der Waals surface area contributed by atoms with Gasteiger partial charge in [0, 0.05) is 29.5 Å². The fourth-order valence-electron chi connectivity index (χ4n) is 4.58. The van der Waals surface area contributed by atoms with Crippen LogP contribution in [0.25, 0.3) is 11.0 Å². The van der Waals surface area contributed by atoms with E-state index in [-0.39, 0.29) is 23.3 Å². The largest absolute Gasteiger partial charge is 0.344 e. The van der Waals surface area contributed by atoms with Crippen molar-refractivity contribution in [3.63, 3.8) is 0 Å². The molecule has 1 aromatic carbocycles. The van der Waals surface area contributed by atoms with Crippen LogP contribution in [0, 0.1) is 19.8 Å². The van der Waals surface area contributed by atoms with Gasteiger partial charge in [-0.3, -0.25) is 4.79 Å². The van der Waals surface area contributed by atoms with Crippen LogP contribution >= 0.6 is 11.8 Å². The maximum Gasteiger partial charge on any atom is 0.175 e. The monoisotopic (exact) mass is 473 g/mol. The Morgan fingerprint density at radius 3 is 2.69 bits per heavy atom. The molecule has 0 bridgehead atoms. The van der Waals surface area contributed by atoms with Gasteiger partial charge in [-0.05, 0) is 50.8 Å². The molecular formula is C24H31N3O3S2. The second-order valence-electron chi connectivity index (χ2n) is 9.14. The maximum atomic E-state index is 13.1. The van der Waals surface area contributed by atoms with Crippen LogP contribution in [0.15, 0.2) is 35.5 Å². The van der Waals surface area contributed by atoms with Gasteiger partial charge < -0.3 is 9.13 Å². The Kier molecular flexibility index (Phi) is 6.54. The van der Waals surface area contributed by atoms with Crippen molar-refractivity contribution in [3.05, 3.63) is 47.3 Å². The number of carbonyl (C=O) groups excluding carboxylic acids is 1. The summed E-state index contributed by atoms with van der Waals surface area (Å²) in [6, 6.07) is 9.93. The van der Waals surface area contributed by atoms with E-state index in [1.54, 1.807) is 0 Å². The SMILES string of the molecule is Cc1cc(C(=O)CSc2nc3ccccc3n2CCC(C)C)c(C)n1C1CCS(=O)(=O)C1. The van der Waals surface area contributed by atoms with Crippen LogP contribution in [0.2, 0.25) is 0 Å². The van der Waals surface area contributed by atoms with Gasteiger partial charge in [0.25, 0.3) is 0 Å². The highest BCUT2D eigenvalue weighted by Crippen LogP contribution is 2.31. The number of hydrogen-bond donors (Lipinski definition) is 0. The average Bonchev–Trinajstić information content (AvgIpc) is 3.36. The number of thioether (sulfide) groups is 1. The van der Waals surface area contributed by atoms with Crippen molar-refractivity contribution in [1.82, 2.24) is 14.1 Å². The molecule has 4 rings (SSSR count). The molecule has 8 heteroatoms. The number of sulfone groups is 1. The molecular weight excluding hydrogens is 442 g/mol. The molecule has 32 heavy (non-hydrogen) atoms. The summed E-state index contributed by atoms with van der Waals surface area (Å²) >= 11 is 1.48. The molecule has 1 fully saturated rings. The molecule has 172 valence electrons. The molecule has 0 saturated carbocycles. The molecule has 3 heterocycles. The molecule has 1 aliphatic heterocycles. The first-order valence-electron chi connectivity index (χ1n) is 11.2. The van der Waals surface area contributed by atoms with Crippen LogP contribution in [0.4, 0.5) is 0 Å². The fraction of sp³-hybridized carbons (Fsp3) is 0.500.